The van der Waals surface area contributed by atoms with Gasteiger partial charge in [0, 0.05) is 30.7 Å². The van der Waals surface area contributed by atoms with Crippen molar-refractivity contribution in [3.63, 3.8) is 0 Å². The number of hydrogen-bond donors (Lipinski definition) is 2. The van der Waals surface area contributed by atoms with Gasteiger partial charge in [-0.2, -0.15) is 0 Å². The SMILES string of the molecule is CC(c1cccc(Cl)c1)N1CCCC(C(=O)NCCN)C1. The van der Waals surface area contributed by atoms with Gasteiger partial charge in [-0.25, -0.2) is 0 Å². The second-order valence-corrected chi connectivity index (χ2v) is 6.08. The van der Waals surface area contributed by atoms with E-state index in [-0.39, 0.29) is 17.9 Å². The van der Waals surface area contributed by atoms with Crippen molar-refractivity contribution in [1.82, 2.24) is 10.2 Å². The van der Waals surface area contributed by atoms with E-state index in [9.17, 15) is 4.79 Å². The van der Waals surface area contributed by atoms with Gasteiger partial charge in [0.1, 0.15) is 0 Å². The number of amides is 1. The molecule has 2 atom stereocenters. The molecule has 1 aromatic carbocycles. The summed E-state index contributed by atoms with van der Waals surface area (Å²) >= 11 is 6.07. The van der Waals surface area contributed by atoms with Crippen molar-refractivity contribution < 1.29 is 4.79 Å². The first-order chi connectivity index (χ1) is 10.1. The van der Waals surface area contributed by atoms with Gasteiger partial charge >= 0.3 is 0 Å². The lowest BCUT2D eigenvalue weighted by Crippen LogP contribution is -2.44. The summed E-state index contributed by atoms with van der Waals surface area (Å²) < 4.78 is 0. The second-order valence-electron chi connectivity index (χ2n) is 5.64. The molecule has 4 nitrogen and oxygen atoms in total. The molecule has 0 spiro atoms. The molecule has 0 aliphatic carbocycles. The van der Waals surface area contributed by atoms with Crippen LogP contribution < -0.4 is 11.1 Å². The van der Waals surface area contributed by atoms with E-state index in [2.05, 4.69) is 23.2 Å². The average Bonchev–Trinajstić information content (AvgIpc) is 2.52. The minimum Gasteiger partial charge on any atom is -0.355 e. The summed E-state index contributed by atoms with van der Waals surface area (Å²) in [7, 11) is 0. The molecule has 2 unspecified atom stereocenters. The van der Waals surface area contributed by atoms with Crippen molar-refractivity contribution in [3.05, 3.63) is 34.9 Å². The highest BCUT2D eigenvalue weighted by atomic mass is 35.5. The van der Waals surface area contributed by atoms with E-state index < -0.39 is 0 Å². The maximum Gasteiger partial charge on any atom is 0.224 e. The fourth-order valence-corrected chi connectivity index (χ4v) is 3.09. The highest BCUT2D eigenvalue weighted by Gasteiger charge is 2.28. The van der Waals surface area contributed by atoms with Crippen LogP contribution in [0.1, 0.15) is 31.4 Å². The number of hydrogen-bond acceptors (Lipinski definition) is 3. The van der Waals surface area contributed by atoms with Gasteiger partial charge in [0.15, 0.2) is 0 Å². The molecule has 0 aromatic heterocycles. The summed E-state index contributed by atoms with van der Waals surface area (Å²) in [5.74, 6) is 0.190. The molecular formula is C16H24ClN3O. The van der Waals surface area contributed by atoms with Crippen LogP contribution in [0.2, 0.25) is 5.02 Å². The number of likely N-dealkylation sites (tertiary alicyclic amines) is 1. The Morgan fingerprint density at radius 3 is 3.10 bits per heavy atom. The van der Waals surface area contributed by atoms with Crippen LogP contribution in [0.3, 0.4) is 0 Å². The number of piperidine rings is 1. The molecule has 2 rings (SSSR count). The Hall–Kier alpha value is -1.10. The molecule has 1 heterocycles. The van der Waals surface area contributed by atoms with Crippen molar-refractivity contribution in [2.24, 2.45) is 11.7 Å². The monoisotopic (exact) mass is 309 g/mol. The number of nitrogens with one attached hydrogen (secondary N) is 1. The number of nitrogens with two attached hydrogens (primary N) is 1. The number of benzene rings is 1. The summed E-state index contributed by atoms with van der Waals surface area (Å²) in [6.45, 7) is 5.03. The molecule has 1 fully saturated rings. The van der Waals surface area contributed by atoms with Crippen LogP contribution in [0, 0.1) is 5.92 Å². The molecular weight excluding hydrogens is 286 g/mol. The van der Waals surface area contributed by atoms with Crippen LogP contribution in [0.15, 0.2) is 24.3 Å². The van der Waals surface area contributed by atoms with Gasteiger partial charge in [-0.1, -0.05) is 23.7 Å². The molecule has 5 heteroatoms. The van der Waals surface area contributed by atoms with E-state index >= 15 is 0 Å². The van der Waals surface area contributed by atoms with Gasteiger partial charge in [-0.3, -0.25) is 9.69 Å². The predicted octanol–water partition coefficient (Wildman–Crippen LogP) is 2.19. The quantitative estimate of drug-likeness (QED) is 0.876. The number of carbonyl (C=O) groups is 1. The number of rotatable bonds is 5. The fourth-order valence-electron chi connectivity index (χ4n) is 2.89. The Labute approximate surface area is 131 Å². The Morgan fingerprint density at radius 1 is 1.57 bits per heavy atom. The van der Waals surface area contributed by atoms with Crippen molar-refractivity contribution in [1.29, 1.82) is 0 Å². The molecule has 0 radical (unpaired) electrons. The lowest BCUT2D eigenvalue weighted by atomic mass is 9.94. The fraction of sp³-hybridized carbons (Fsp3) is 0.562. The van der Waals surface area contributed by atoms with E-state index in [1.807, 2.05) is 18.2 Å². The van der Waals surface area contributed by atoms with Gasteiger partial charge in [-0.05, 0) is 44.0 Å². The number of carbonyl (C=O) groups excluding carboxylic acids is 1. The van der Waals surface area contributed by atoms with E-state index in [4.69, 9.17) is 17.3 Å². The molecule has 116 valence electrons. The lowest BCUT2D eigenvalue weighted by Gasteiger charge is -2.36. The van der Waals surface area contributed by atoms with Crippen molar-refractivity contribution in [2.75, 3.05) is 26.2 Å². The summed E-state index contributed by atoms with van der Waals surface area (Å²) in [6, 6.07) is 8.23. The van der Waals surface area contributed by atoms with Crippen molar-refractivity contribution >= 4 is 17.5 Å². The minimum absolute atomic E-state index is 0.0620. The van der Waals surface area contributed by atoms with E-state index in [1.165, 1.54) is 5.56 Å². The zero-order valence-corrected chi connectivity index (χ0v) is 13.3. The Morgan fingerprint density at radius 2 is 2.38 bits per heavy atom. The third kappa shape index (κ3) is 4.43. The maximum atomic E-state index is 12.1. The summed E-state index contributed by atoms with van der Waals surface area (Å²) in [5, 5.41) is 3.66. The first kappa shape index (κ1) is 16.3. The van der Waals surface area contributed by atoms with E-state index in [0.717, 1.165) is 31.0 Å². The van der Waals surface area contributed by atoms with Crippen LogP contribution in [-0.4, -0.2) is 37.0 Å². The van der Waals surface area contributed by atoms with Crippen LogP contribution >= 0.6 is 11.6 Å². The van der Waals surface area contributed by atoms with E-state index in [0.29, 0.717) is 13.1 Å². The van der Waals surface area contributed by atoms with Gasteiger partial charge in [0.05, 0.1) is 5.92 Å². The Kier molecular flexibility index (Phi) is 6.03. The molecule has 1 aliphatic rings. The predicted molar refractivity (Wildman–Crippen MR) is 86.2 cm³/mol. The van der Waals surface area contributed by atoms with Crippen molar-refractivity contribution in [3.8, 4) is 0 Å². The molecule has 21 heavy (non-hydrogen) atoms. The normalized spacial score (nSPS) is 21.0. The zero-order chi connectivity index (χ0) is 15.2. The molecule has 1 amide bonds. The molecule has 1 aromatic rings. The third-order valence-corrected chi connectivity index (χ3v) is 4.38. The van der Waals surface area contributed by atoms with Gasteiger partial charge < -0.3 is 11.1 Å². The molecule has 0 saturated carbocycles. The van der Waals surface area contributed by atoms with Crippen LogP contribution in [0.25, 0.3) is 0 Å². The summed E-state index contributed by atoms with van der Waals surface area (Å²) in [6.07, 6.45) is 2.00. The first-order valence-electron chi connectivity index (χ1n) is 7.59. The summed E-state index contributed by atoms with van der Waals surface area (Å²) in [5.41, 5.74) is 6.63. The minimum atomic E-state index is 0.0620. The van der Waals surface area contributed by atoms with Crippen LogP contribution in [-0.2, 0) is 4.79 Å². The van der Waals surface area contributed by atoms with E-state index in [1.54, 1.807) is 0 Å². The summed E-state index contributed by atoms with van der Waals surface area (Å²) in [4.78, 5) is 14.5. The zero-order valence-electron chi connectivity index (χ0n) is 12.5. The second kappa shape index (κ2) is 7.78. The van der Waals surface area contributed by atoms with Gasteiger partial charge in [0.25, 0.3) is 0 Å². The van der Waals surface area contributed by atoms with Crippen molar-refractivity contribution in [2.45, 2.75) is 25.8 Å². The number of halogens is 1. The standard InChI is InChI=1S/C16H24ClN3O/c1-12(13-4-2-6-15(17)10-13)20-9-3-5-14(11-20)16(21)19-8-7-18/h2,4,6,10,12,14H,3,5,7-9,11,18H2,1H3,(H,19,21). The third-order valence-electron chi connectivity index (χ3n) is 4.15. The Balaban J connectivity index is 1.98. The lowest BCUT2D eigenvalue weighted by molar-refractivity contribution is -0.126. The largest absolute Gasteiger partial charge is 0.355 e. The molecule has 0 bridgehead atoms. The van der Waals surface area contributed by atoms with Gasteiger partial charge in [-0.15, -0.1) is 0 Å². The molecule has 3 N–H and O–H groups in total. The average molecular weight is 310 g/mol. The first-order valence-corrected chi connectivity index (χ1v) is 7.97. The molecule has 1 aliphatic heterocycles. The van der Waals surface area contributed by atoms with Crippen LogP contribution in [0.4, 0.5) is 0 Å². The molecule has 1 saturated heterocycles. The maximum absolute atomic E-state index is 12.1. The number of nitrogens with zero attached hydrogens (tertiary/aromatic N) is 1. The Bertz CT molecular complexity index is 480. The highest BCUT2D eigenvalue weighted by molar-refractivity contribution is 6.30. The van der Waals surface area contributed by atoms with Gasteiger partial charge in [0.2, 0.25) is 5.91 Å². The topological polar surface area (TPSA) is 58.4 Å². The van der Waals surface area contributed by atoms with Crippen LogP contribution in [0.5, 0.6) is 0 Å². The smallest absolute Gasteiger partial charge is 0.224 e. The highest BCUT2D eigenvalue weighted by Crippen LogP contribution is 2.28.